The van der Waals surface area contributed by atoms with Gasteiger partial charge in [0.25, 0.3) is 0 Å². The van der Waals surface area contributed by atoms with Crippen molar-refractivity contribution in [3.05, 3.63) is 70.8 Å². The number of rotatable bonds is 7. The molecule has 1 heterocycles. The van der Waals surface area contributed by atoms with Gasteiger partial charge in [-0.1, -0.05) is 30.3 Å². The summed E-state index contributed by atoms with van der Waals surface area (Å²) in [6, 6.07) is 12.3. The zero-order valence-corrected chi connectivity index (χ0v) is 18.5. The van der Waals surface area contributed by atoms with Crippen LogP contribution in [0.2, 0.25) is 0 Å². The third kappa shape index (κ3) is 4.78. The van der Waals surface area contributed by atoms with Gasteiger partial charge in [0.15, 0.2) is 5.25 Å². The smallest absolute Gasteiger partial charge is 0.219 e. The number of nitrogens with one attached hydrogen (secondary N) is 1. The molecule has 1 saturated heterocycles. The van der Waals surface area contributed by atoms with Crippen molar-refractivity contribution in [2.75, 3.05) is 13.6 Å². The van der Waals surface area contributed by atoms with Gasteiger partial charge in [-0.2, -0.15) is 0 Å². The zero-order chi connectivity index (χ0) is 22.0. The molecule has 2 fully saturated rings. The molecule has 0 bridgehead atoms. The minimum atomic E-state index is -1.30. The quantitative estimate of drug-likeness (QED) is 0.636. The van der Waals surface area contributed by atoms with E-state index in [0.717, 1.165) is 31.2 Å². The summed E-state index contributed by atoms with van der Waals surface area (Å²) in [6.07, 6.45) is 4.00. The van der Waals surface area contributed by atoms with Crippen molar-refractivity contribution in [2.45, 2.75) is 55.7 Å². The van der Waals surface area contributed by atoms with Crippen LogP contribution in [0.3, 0.4) is 0 Å². The molecular weight excluding hydrogens is 418 g/mol. The Kier molecular flexibility index (Phi) is 6.65. The van der Waals surface area contributed by atoms with Gasteiger partial charge in [0.1, 0.15) is 11.6 Å². The van der Waals surface area contributed by atoms with Crippen LogP contribution in [0.1, 0.15) is 60.5 Å². The summed E-state index contributed by atoms with van der Waals surface area (Å²) in [4.78, 5) is 11.6. The van der Waals surface area contributed by atoms with E-state index in [9.17, 15) is 13.7 Å². The molecule has 2 aromatic rings. The molecule has 1 aliphatic heterocycles. The fraction of sp³-hybridized carbons (Fsp3) is 0.458. The highest BCUT2D eigenvalue weighted by Crippen LogP contribution is 2.53. The van der Waals surface area contributed by atoms with E-state index in [1.54, 1.807) is 11.4 Å². The maximum atomic E-state index is 15.0. The second-order valence-electron chi connectivity index (χ2n) is 8.56. The number of carbonyl (C=O) groups excluding carboxylic acids is 1. The molecule has 1 aliphatic carbocycles. The van der Waals surface area contributed by atoms with E-state index in [1.165, 1.54) is 12.1 Å². The van der Waals surface area contributed by atoms with Crippen LogP contribution in [0.4, 0.5) is 8.78 Å². The van der Waals surface area contributed by atoms with Gasteiger partial charge in [0.05, 0.1) is 6.54 Å². The van der Waals surface area contributed by atoms with Crippen LogP contribution in [0.25, 0.3) is 0 Å². The molecule has 1 saturated carbocycles. The zero-order valence-electron chi connectivity index (χ0n) is 17.7. The number of amides is 1. The van der Waals surface area contributed by atoms with Crippen molar-refractivity contribution in [3.8, 4) is 0 Å². The first kappa shape index (κ1) is 22.2. The third-order valence-electron chi connectivity index (χ3n) is 6.56. The average molecular weight is 447 g/mol. The highest BCUT2D eigenvalue weighted by atomic mass is 32.2. The van der Waals surface area contributed by atoms with Crippen molar-refractivity contribution >= 4 is 17.3 Å². The van der Waals surface area contributed by atoms with Crippen molar-refractivity contribution in [2.24, 2.45) is 0 Å². The van der Waals surface area contributed by atoms with Crippen LogP contribution in [-0.4, -0.2) is 28.4 Å². The molecule has 2 atom stereocenters. The SMILES string of the molecule is CNC(=O)CCC1(c2cc(F)c(CN3CCC[C@H](c4ccccc4)[S+]3[O-])cc2F)CC1. The Balaban J connectivity index is 1.49. The lowest BCUT2D eigenvalue weighted by atomic mass is 9.89. The van der Waals surface area contributed by atoms with Crippen molar-refractivity contribution in [1.82, 2.24) is 9.62 Å². The lowest BCUT2D eigenvalue weighted by Crippen LogP contribution is -2.39. The Morgan fingerprint density at radius 3 is 2.65 bits per heavy atom. The highest BCUT2D eigenvalue weighted by molar-refractivity contribution is 7.89. The van der Waals surface area contributed by atoms with Crippen LogP contribution in [0.15, 0.2) is 42.5 Å². The van der Waals surface area contributed by atoms with E-state index in [-0.39, 0.29) is 23.3 Å². The van der Waals surface area contributed by atoms with Gasteiger partial charge in [0, 0.05) is 48.9 Å². The Morgan fingerprint density at radius 1 is 1.23 bits per heavy atom. The Hall–Kier alpha value is -1.96. The maximum absolute atomic E-state index is 15.0. The van der Waals surface area contributed by atoms with E-state index >= 15 is 4.39 Å². The molecule has 166 valence electrons. The largest absolute Gasteiger partial charge is 0.597 e. The Labute approximate surface area is 185 Å². The predicted molar refractivity (Wildman–Crippen MR) is 118 cm³/mol. The van der Waals surface area contributed by atoms with E-state index in [0.29, 0.717) is 24.9 Å². The molecule has 2 aromatic carbocycles. The van der Waals surface area contributed by atoms with Crippen LogP contribution in [0, 0.1) is 11.6 Å². The number of nitrogens with zero attached hydrogens (tertiary/aromatic N) is 1. The number of hydrogen-bond acceptors (Lipinski definition) is 3. The summed E-state index contributed by atoms with van der Waals surface area (Å²) < 4.78 is 44.9. The fourth-order valence-corrected chi connectivity index (χ4v) is 6.20. The highest BCUT2D eigenvalue weighted by Gasteiger charge is 2.46. The van der Waals surface area contributed by atoms with Gasteiger partial charge in [-0.3, -0.25) is 4.79 Å². The lowest BCUT2D eigenvalue weighted by molar-refractivity contribution is -0.120. The average Bonchev–Trinajstić information content (AvgIpc) is 3.57. The molecule has 1 amide bonds. The molecule has 31 heavy (non-hydrogen) atoms. The van der Waals surface area contributed by atoms with Gasteiger partial charge in [-0.15, -0.1) is 4.31 Å². The molecular formula is C24H28F2N2O2S. The number of halogens is 2. The van der Waals surface area contributed by atoms with Gasteiger partial charge in [-0.25, -0.2) is 8.78 Å². The van der Waals surface area contributed by atoms with E-state index in [2.05, 4.69) is 5.32 Å². The predicted octanol–water partition coefficient (Wildman–Crippen LogP) is 4.52. The third-order valence-corrected chi connectivity index (χ3v) is 8.38. The minimum Gasteiger partial charge on any atom is -0.597 e. The second kappa shape index (κ2) is 9.27. The molecule has 7 heteroatoms. The standard InChI is InChI=1S/C24H28F2N2O2S/c1-27-23(29)9-10-24(11-12-24)19-15-20(25)18(14-21(19)26)16-28-13-5-8-22(31(28)30)17-6-3-2-4-7-17/h2-4,6-7,14-15,22H,5,8-13,16H2,1H3,(H,27,29)/t22-,31?/m1/s1. The van der Waals surface area contributed by atoms with Gasteiger partial charge >= 0.3 is 0 Å². The summed E-state index contributed by atoms with van der Waals surface area (Å²) in [7, 11) is 1.57. The molecule has 2 aliphatic rings. The Bertz CT molecular complexity index is 937. The van der Waals surface area contributed by atoms with Crippen molar-refractivity contribution in [1.29, 1.82) is 0 Å². The van der Waals surface area contributed by atoms with E-state index < -0.39 is 28.4 Å². The van der Waals surface area contributed by atoms with E-state index in [4.69, 9.17) is 0 Å². The molecule has 4 rings (SSSR count). The summed E-state index contributed by atoms with van der Waals surface area (Å²) in [5.74, 6) is -1.00. The summed E-state index contributed by atoms with van der Waals surface area (Å²) in [5.41, 5.74) is 1.16. The number of benzene rings is 2. The topological polar surface area (TPSA) is 55.4 Å². The van der Waals surface area contributed by atoms with E-state index in [1.807, 2.05) is 30.3 Å². The molecule has 0 aromatic heterocycles. The fourth-order valence-electron chi connectivity index (χ4n) is 4.51. The maximum Gasteiger partial charge on any atom is 0.219 e. The van der Waals surface area contributed by atoms with Gasteiger partial charge in [-0.05, 0) is 48.8 Å². The molecule has 0 radical (unpaired) electrons. The van der Waals surface area contributed by atoms with Crippen molar-refractivity contribution in [3.63, 3.8) is 0 Å². The molecule has 1 N–H and O–H groups in total. The normalized spacial score (nSPS) is 22.8. The lowest BCUT2D eigenvalue weighted by Gasteiger charge is -2.34. The monoisotopic (exact) mass is 446 g/mol. The van der Waals surface area contributed by atoms with Gasteiger partial charge in [0.2, 0.25) is 5.91 Å². The first-order valence-electron chi connectivity index (χ1n) is 10.8. The molecule has 1 unspecified atom stereocenters. The second-order valence-corrected chi connectivity index (χ2v) is 10.2. The summed E-state index contributed by atoms with van der Waals surface area (Å²) >= 11 is -1.30. The van der Waals surface area contributed by atoms with Crippen molar-refractivity contribution < 1.29 is 18.1 Å². The van der Waals surface area contributed by atoms with Crippen LogP contribution in [-0.2, 0) is 28.1 Å². The first-order chi connectivity index (χ1) is 14.9. The van der Waals surface area contributed by atoms with Crippen LogP contribution < -0.4 is 5.32 Å². The summed E-state index contributed by atoms with van der Waals surface area (Å²) in [5, 5.41) is 2.45. The molecule has 0 spiro atoms. The summed E-state index contributed by atoms with van der Waals surface area (Å²) in [6.45, 7) is 0.707. The number of carbonyl (C=O) groups is 1. The van der Waals surface area contributed by atoms with Gasteiger partial charge < -0.3 is 9.87 Å². The minimum absolute atomic E-state index is 0.0932. The van der Waals surface area contributed by atoms with Crippen LogP contribution >= 0.6 is 0 Å². The number of hydrogen-bond donors (Lipinski definition) is 1. The van der Waals surface area contributed by atoms with Crippen LogP contribution in [0.5, 0.6) is 0 Å². The first-order valence-corrected chi connectivity index (χ1v) is 12.0. The Morgan fingerprint density at radius 2 is 1.97 bits per heavy atom. The molecule has 4 nitrogen and oxygen atoms in total.